The highest BCUT2D eigenvalue weighted by Crippen LogP contribution is 2.38. The molecule has 2 atom stereocenters. The summed E-state index contributed by atoms with van der Waals surface area (Å²) in [5.74, 6) is 3.36. The van der Waals surface area contributed by atoms with Crippen molar-refractivity contribution in [1.82, 2.24) is 29.7 Å². The number of aryl methyl sites for hydroxylation is 1. The number of oxazole rings is 1. The summed E-state index contributed by atoms with van der Waals surface area (Å²) in [5.41, 5.74) is 11.8. The third-order valence-corrected chi connectivity index (χ3v) is 10.6. The average molecular weight is 677 g/mol. The number of fused-ring (bicyclic) bond motifs is 2. The van der Waals surface area contributed by atoms with Crippen LogP contribution in [-0.2, 0) is 13.1 Å². The minimum Gasteiger partial charge on any atom is -0.435 e. The van der Waals surface area contributed by atoms with Crippen LogP contribution in [0.25, 0.3) is 44.7 Å². The van der Waals surface area contributed by atoms with Crippen molar-refractivity contribution in [1.29, 1.82) is 5.26 Å². The highest BCUT2D eigenvalue weighted by Gasteiger charge is 2.22. The molecule has 0 radical (unpaired) electrons. The Morgan fingerprint density at radius 1 is 0.804 bits per heavy atom. The molecule has 2 aliphatic heterocycles. The molecule has 3 aromatic carbocycles. The van der Waals surface area contributed by atoms with Crippen molar-refractivity contribution in [3.8, 4) is 28.7 Å². The lowest BCUT2D eigenvalue weighted by atomic mass is 9.93. The van der Waals surface area contributed by atoms with Gasteiger partial charge >= 0.3 is 0 Å². The number of benzene rings is 3. The number of rotatable bonds is 8. The maximum atomic E-state index is 10.0. The monoisotopic (exact) mass is 676 g/mol. The summed E-state index contributed by atoms with van der Waals surface area (Å²) in [6, 6.07) is 21.1. The Morgan fingerprint density at radius 3 is 2.18 bits per heavy atom. The van der Waals surface area contributed by atoms with Crippen LogP contribution in [0.5, 0.6) is 0 Å². The van der Waals surface area contributed by atoms with Crippen molar-refractivity contribution >= 4 is 33.6 Å². The standard InChI is InChI=1S/C42H44N8O/c1-25-12-14-49(21-25)23-30-16-32(19-43)40-38(17-30)48-42(51-40)35-10-6-8-33(27(35)3)34-9-7-11-36(28(34)4)47-41-39-37(45-29(5)46-41)18-31(20-44-39)24-50-15-13-26(2)22-50/h6-11,16-18,20,25-26H,12-15,21-24H2,1-5H3,(H,45,46,47). The summed E-state index contributed by atoms with van der Waals surface area (Å²) in [6.07, 6.45) is 4.43. The van der Waals surface area contributed by atoms with Gasteiger partial charge in [0.25, 0.3) is 0 Å². The quantitative estimate of drug-likeness (QED) is 0.169. The van der Waals surface area contributed by atoms with E-state index in [9.17, 15) is 5.26 Å². The number of aromatic nitrogens is 4. The molecule has 1 N–H and O–H groups in total. The maximum absolute atomic E-state index is 10.0. The number of nitrogens with zero attached hydrogens (tertiary/aromatic N) is 7. The SMILES string of the molecule is Cc1nc(Nc2cccc(-c3cccc(-c4nc5cc(CN6CCC(C)C6)cc(C#N)c5o4)c3C)c2C)c2ncc(CN3CCC(C)C3)cc2n1. The van der Waals surface area contributed by atoms with Crippen molar-refractivity contribution in [3.63, 3.8) is 0 Å². The molecule has 6 aromatic rings. The lowest BCUT2D eigenvalue weighted by Crippen LogP contribution is -2.19. The summed E-state index contributed by atoms with van der Waals surface area (Å²) in [5, 5.41) is 13.6. The summed E-state index contributed by atoms with van der Waals surface area (Å²) in [7, 11) is 0. The Hall–Kier alpha value is -5.17. The van der Waals surface area contributed by atoms with E-state index in [0.29, 0.717) is 34.6 Å². The van der Waals surface area contributed by atoms with Crippen LogP contribution in [0, 0.1) is 43.9 Å². The second-order valence-corrected chi connectivity index (χ2v) is 14.8. The maximum Gasteiger partial charge on any atom is 0.227 e. The Balaban J connectivity index is 1.09. The highest BCUT2D eigenvalue weighted by molar-refractivity contribution is 5.89. The molecule has 0 bridgehead atoms. The van der Waals surface area contributed by atoms with Gasteiger partial charge in [0.1, 0.15) is 22.9 Å². The third-order valence-electron chi connectivity index (χ3n) is 10.6. The van der Waals surface area contributed by atoms with Gasteiger partial charge < -0.3 is 9.73 Å². The predicted molar refractivity (Wildman–Crippen MR) is 203 cm³/mol. The summed E-state index contributed by atoms with van der Waals surface area (Å²) >= 11 is 0. The molecule has 0 spiro atoms. The Labute approximate surface area is 299 Å². The molecular weight excluding hydrogens is 633 g/mol. The molecule has 0 saturated carbocycles. The Bertz CT molecular complexity index is 2320. The van der Waals surface area contributed by atoms with Crippen LogP contribution in [0.3, 0.4) is 0 Å². The molecule has 8 rings (SSSR count). The molecule has 0 amide bonds. The number of hydrogen-bond donors (Lipinski definition) is 1. The summed E-state index contributed by atoms with van der Waals surface area (Å²) in [4.78, 5) is 24.3. The first-order valence-corrected chi connectivity index (χ1v) is 18.1. The van der Waals surface area contributed by atoms with Crippen LogP contribution in [0.2, 0.25) is 0 Å². The van der Waals surface area contributed by atoms with Gasteiger partial charge in [0.05, 0.1) is 11.1 Å². The van der Waals surface area contributed by atoms with Crippen molar-refractivity contribution in [2.24, 2.45) is 11.8 Å². The van der Waals surface area contributed by atoms with Gasteiger partial charge in [-0.05, 0) is 122 Å². The second kappa shape index (κ2) is 13.5. The van der Waals surface area contributed by atoms with Gasteiger partial charge in [0.15, 0.2) is 11.4 Å². The number of hydrogen-bond acceptors (Lipinski definition) is 9. The van der Waals surface area contributed by atoms with Crippen molar-refractivity contribution < 1.29 is 4.42 Å². The van der Waals surface area contributed by atoms with Crippen LogP contribution < -0.4 is 5.32 Å². The molecule has 2 fully saturated rings. The Kier molecular flexibility index (Phi) is 8.74. The fourth-order valence-corrected chi connectivity index (χ4v) is 7.94. The van der Waals surface area contributed by atoms with E-state index in [4.69, 9.17) is 24.4 Å². The van der Waals surface area contributed by atoms with Crippen LogP contribution in [0.15, 0.2) is 65.2 Å². The lowest BCUT2D eigenvalue weighted by Gasteiger charge is -2.17. The number of anilines is 2. The van der Waals surface area contributed by atoms with E-state index in [1.54, 1.807) is 0 Å². The van der Waals surface area contributed by atoms with Gasteiger partial charge in [0, 0.05) is 43.6 Å². The first-order valence-electron chi connectivity index (χ1n) is 18.1. The Morgan fingerprint density at radius 2 is 1.47 bits per heavy atom. The van der Waals surface area contributed by atoms with E-state index in [1.807, 2.05) is 31.3 Å². The molecule has 0 aliphatic carbocycles. The minimum absolute atomic E-state index is 0.521. The van der Waals surface area contributed by atoms with Crippen LogP contribution in [-0.4, -0.2) is 55.9 Å². The van der Waals surface area contributed by atoms with Gasteiger partial charge in [-0.3, -0.25) is 14.8 Å². The van der Waals surface area contributed by atoms with Crippen LogP contribution in [0.4, 0.5) is 11.5 Å². The zero-order valence-electron chi connectivity index (χ0n) is 30.1. The predicted octanol–water partition coefficient (Wildman–Crippen LogP) is 8.72. The van der Waals surface area contributed by atoms with Crippen LogP contribution in [0.1, 0.15) is 60.3 Å². The largest absolute Gasteiger partial charge is 0.435 e. The molecule has 5 heterocycles. The molecule has 258 valence electrons. The van der Waals surface area contributed by atoms with E-state index < -0.39 is 0 Å². The van der Waals surface area contributed by atoms with Gasteiger partial charge in [-0.1, -0.05) is 38.1 Å². The zero-order valence-corrected chi connectivity index (χ0v) is 30.1. The first-order chi connectivity index (χ1) is 24.7. The van der Waals surface area contributed by atoms with E-state index in [2.05, 4.69) is 85.3 Å². The lowest BCUT2D eigenvalue weighted by molar-refractivity contribution is 0.320. The van der Waals surface area contributed by atoms with Crippen molar-refractivity contribution in [2.45, 2.75) is 60.5 Å². The van der Waals surface area contributed by atoms with Crippen molar-refractivity contribution in [2.75, 3.05) is 31.5 Å². The molecule has 3 aromatic heterocycles. The number of pyridine rings is 1. The summed E-state index contributed by atoms with van der Waals surface area (Å²) in [6.45, 7) is 16.9. The topological polar surface area (TPSA) is 107 Å². The molecule has 9 nitrogen and oxygen atoms in total. The van der Waals surface area contributed by atoms with Crippen LogP contribution >= 0.6 is 0 Å². The molecule has 2 saturated heterocycles. The fraction of sp³-hybridized carbons (Fsp3) is 0.357. The minimum atomic E-state index is 0.521. The van der Waals surface area contributed by atoms with Crippen molar-refractivity contribution in [3.05, 3.63) is 94.4 Å². The molecule has 51 heavy (non-hydrogen) atoms. The normalized spacial score (nSPS) is 18.2. The number of nitriles is 1. The molecule has 2 aliphatic rings. The molecule has 2 unspecified atom stereocenters. The second-order valence-electron chi connectivity index (χ2n) is 14.8. The van der Waals surface area contributed by atoms with Gasteiger partial charge in [0.2, 0.25) is 5.89 Å². The summed E-state index contributed by atoms with van der Waals surface area (Å²) < 4.78 is 6.34. The fourth-order valence-electron chi connectivity index (χ4n) is 7.94. The van der Waals surface area contributed by atoms with Gasteiger partial charge in [-0.15, -0.1) is 0 Å². The first kappa shape index (κ1) is 33.0. The smallest absolute Gasteiger partial charge is 0.227 e. The van der Waals surface area contributed by atoms with E-state index in [1.165, 1.54) is 18.4 Å². The van der Waals surface area contributed by atoms with E-state index >= 15 is 0 Å². The van der Waals surface area contributed by atoms with Gasteiger partial charge in [-0.25, -0.2) is 15.0 Å². The van der Waals surface area contributed by atoms with E-state index in [0.717, 1.165) is 101 Å². The van der Waals surface area contributed by atoms with E-state index in [-0.39, 0.29) is 0 Å². The third kappa shape index (κ3) is 6.58. The highest BCUT2D eigenvalue weighted by atomic mass is 16.3. The van der Waals surface area contributed by atoms with Gasteiger partial charge in [-0.2, -0.15) is 5.26 Å². The number of likely N-dealkylation sites (tertiary alicyclic amines) is 2. The zero-order chi connectivity index (χ0) is 35.2. The molecule has 9 heteroatoms. The average Bonchev–Trinajstić information content (AvgIpc) is 3.84. The number of nitrogens with one attached hydrogen (secondary N) is 1. The molecular formula is C42H44N8O.